The maximum atomic E-state index is 13.1. The van der Waals surface area contributed by atoms with Gasteiger partial charge >= 0.3 is 12.0 Å². The number of nitrogens with one attached hydrogen (secondary N) is 1. The summed E-state index contributed by atoms with van der Waals surface area (Å²) in [5, 5.41) is 2.63. The van der Waals surface area contributed by atoms with Gasteiger partial charge in [-0.2, -0.15) is 0 Å². The zero-order valence-electron chi connectivity index (χ0n) is 13.3. The molecular weight excluding hydrogens is 325 g/mol. The molecule has 8 heteroatoms. The molecule has 2 rings (SSSR count). The van der Waals surface area contributed by atoms with Crippen molar-refractivity contribution in [3.63, 3.8) is 0 Å². The average molecular weight is 344 g/mol. The third-order valence-corrected chi connectivity index (χ3v) is 3.98. The lowest BCUT2D eigenvalue weighted by atomic mass is 9.98. The van der Waals surface area contributed by atoms with Crippen LogP contribution in [-0.2, 0) is 16.0 Å². The van der Waals surface area contributed by atoms with Crippen LogP contribution in [0, 0.1) is 23.4 Å². The van der Waals surface area contributed by atoms with Crippen molar-refractivity contribution in [2.75, 3.05) is 26.7 Å². The van der Waals surface area contributed by atoms with E-state index in [1.807, 2.05) is 0 Å². The van der Waals surface area contributed by atoms with E-state index >= 15 is 0 Å². The first-order valence-electron chi connectivity index (χ1n) is 7.66. The van der Waals surface area contributed by atoms with Gasteiger partial charge in [0.2, 0.25) is 0 Å². The van der Waals surface area contributed by atoms with Gasteiger partial charge in [0.1, 0.15) is 0 Å². The maximum Gasteiger partial charge on any atom is 0.317 e. The summed E-state index contributed by atoms with van der Waals surface area (Å²) >= 11 is 0. The first-order chi connectivity index (χ1) is 11.4. The summed E-state index contributed by atoms with van der Waals surface area (Å²) < 4.78 is 43.8. The first kappa shape index (κ1) is 18.1. The third kappa shape index (κ3) is 4.39. The summed E-state index contributed by atoms with van der Waals surface area (Å²) in [6.45, 7) is 0.945. The number of ether oxygens (including phenoxy) is 1. The summed E-state index contributed by atoms with van der Waals surface area (Å²) in [6, 6.07) is 1.45. The molecule has 0 radical (unpaired) electrons. The standard InChI is InChI=1S/C16H19F3N2O3/c1-24-15(22)11-3-2-6-21(9-11)16(23)20-5-4-10-7-12(17)14(19)13(18)8-10/h7-8,11H,2-6,9H2,1H3,(H,20,23). The van der Waals surface area contributed by atoms with Crippen molar-refractivity contribution >= 4 is 12.0 Å². The van der Waals surface area contributed by atoms with Crippen molar-refractivity contribution in [2.24, 2.45) is 5.92 Å². The Labute approximate surface area is 137 Å². The number of amides is 2. The molecule has 2 amide bonds. The number of likely N-dealkylation sites (tertiary alicyclic amines) is 1. The number of rotatable bonds is 4. The number of hydrogen-bond donors (Lipinski definition) is 1. The van der Waals surface area contributed by atoms with Gasteiger partial charge in [-0.15, -0.1) is 0 Å². The highest BCUT2D eigenvalue weighted by Gasteiger charge is 2.28. The molecule has 1 heterocycles. The number of urea groups is 1. The molecule has 1 aromatic carbocycles. The average Bonchev–Trinajstić information content (AvgIpc) is 2.58. The minimum absolute atomic E-state index is 0.142. The minimum atomic E-state index is -1.51. The number of piperidine rings is 1. The highest BCUT2D eigenvalue weighted by Crippen LogP contribution is 2.18. The van der Waals surface area contributed by atoms with Crippen LogP contribution in [0.3, 0.4) is 0 Å². The number of carbonyl (C=O) groups excluding carboxylic acids is 2. The van der Waals surface area contributed by atoms with Crippen LogP contribution in [0.4, 0.5) is 18.0 Å². The van der Waals surface area contributed by atoms with Crippen LogP contribution >= 0.6 is 0 Å². The molecule has 132 valence electrons. The Balaban J connectivity index is 1.84. The van der Waals surface area contributed by atoms with Crippen molar-refractivity contribution in [1.82, 2.24) is 10.2 Å². The molecule has 0 aliphatic carbocycles. The van der Waals surface area contributed by atoms with Crippen molar-refractivity contribution in [3.8, 4) is 0 Å². The van der Waals surface area contributed by atoms with Crippen molar-refractivity contribution in [3.05, 3.63) is 35.1 Å². The molecule has 5 nitrogen and oxygen atoms in total. The second-order valence-electron chi connectivity index (χ2n) is 5.66. The lowest BCUT2D eigenvalue weighted by Gasteiger charge is -2.31. The Morgan fingerprint density at radius 2 is 1.96 bits per heavy atom. The topological polar surface area (TPSA) is 58.6 Å². The largest absolute Gasteiger partial charge is 0.469 e. The van der Waals surface area contributed by atoms with Crippen molar-refractivity contribution in [2.45, 2.75) is 19.3 Å². The molecule has 0 aromatic heterocycles. The molecule has 1 aliphatic heterocycles. The smallest absolute Gasteiger partial charge is 0.317 e. The molecule has 1 unspecified atom stereocenters. The molecule has 1 fully saturated rings. The van der Waals surface area contributed by atoms with Gasteiger partial charge in [-0.1, -0.05) is 0 Å². The number of nitrogens with zero attached hydrogens (tertiary/aromatic N) is 1. The van der Waals surface area contributed by atoms with Crippen LogP contribution in [-0.4, -0.2) is 43.6 Å². The quantitative estimate of drug-likeness (QED) is 0.673. The summed E-state index contributed by atoms with van der Waals surface area (Å²) in [7, 11) is 1.31. The van der Waals surface area contributed by atoms with Crippen LogP contribution in [0.5, 0.6) is 0 Å². The predicted octanol–water partition coefficient (Wildman–Crippen LogP) is 2.24. The maximum absolute atomic E-state index is 13.1. The van der Waals surface area contributed by atoms with Gasteiger partial charge in [0.15, 0.2) is 17.5 Å². The van der Waals surface area contributed by atoms with Gasteiger partial charge in [0, 0.05) is 19.6 Å². The predicted molar refractivity (Wildman–Crippen MR) is 79.7 cm³/mol. The molecule has 1 saturated heterocycles. The van der Waals surface area contributed by atoms with E-state index in [9.17, 15) is 22.8 Å². The van der Waals surface area contributed by atoms with Gasteiger partial charge in [-0.25, -0.2) is 18.0 Å². The van der Waals surface area contributed by atoms with Crippen molar-refractivity contribution in [1.29, 1.82) is 0 Å². The molecule has 1 atom stereocenters. The fraction of sp³-hybridized carbons (Fsp3) is 0.500. The van der Waals surface area contributed by atoms with Gasteiger partial charge in [-0.3, -0.25) is 4.79 Å². The zero-order valence-corrected chi connectivity index (χ0v) is 13.3. The highest BCUT2D eigenvalue weighted by atomic mass is 19.2. The lowest BCUT2D eigenvalue weighted by molar-refractivity contribution is -0.146. The van der Waals surface area contributed by atoms with E-state index in [-0.39, 0.29) is 43.0 Å². The van der Waals surface area contributed by atoms with Crippen LogP contribution in [0.15, 0.2) is 12.1 Å². The van der Waals surface area contributed by atoms with Gasteiger partial charge in [0.25, 0.3) is 0 Å². The second-order valence-corrected chi connectivity index (χ2v) is 5.66. The van der Waals surface area contributed by atoms with Crippen LogP contribution < -0.4 is 5.32 Å². The third-order valence-electron chi connectivity index (χ3n) is 3.98. The monoisotopic (exact) mass is 344 g/mol. The number of carbonyl (C=O) groups is 2. The second kappa shape index (κ2) is 8.03. The summed E-state index contributed by atoms with van der Waals surface area (Å²) in [4.78, 5) is 25.1. The van der Waals surface area contributed by atoms with E-state index in [0.717, 1.165) is 12.1 Å². The highest BCUT2D eigenvalue weighted by molar-refractivity contribution is 5.77. The number of esters is 1. The fourth-order valence-electron chi connectivity index (χ4n) is 2.70. The van der Waals surface area contributed by atoms with E-state index in [1.165, 1.54) is 12.0 Å². The SMILES string of the molecule is COC(=O)C1CCCN(C(=O)NCCc2cc(F)c(F)c(F)c2)C1. The molecular formula is C16H19F3N2O3. The number of methoxy groups -OCH3 is 1. The van der Waals surface area contributed by atoms with E-state index in [4.69, 9.17) is 0 Å². The van der Waals surface area contributed by atoms with E-state index in [0.29, 0.717) is 19.4 Å². The van der Waals surface area contributed by atoms with Gasteiger partial charge in [0.05, 0.1) is 13.0 Å². The minimum Gasteiger partial charge on any atom is -0.469 e. The Kier molecular flexibility index (Phi) is 6.05. The van der Waals surface area contributed by atoms with Crippen LogP contribution in [0.1, 0.15) is 18.4 Å². The van der Waals surface area contributed by atoms with Crippen LogP contribution in [0.25, 0.3) is 0 Å². The number of halogens is 3. The first-order valence-corrected chi connectivity index (χ1v) is 7.66. The molecule has 1 aromatic rings. The molecule has 24 heavy (non-hydrogen) atoms. The van der Waals surface area contributed by atoms with E-state index in [1.54, 1.807) is 0 Å². The molecule has 0 saturated carbocycles. The summed E-state index contributed by atoms with van der Waals surface area (Å²) in [5.74, 6) is -4.70. The van der Waals surface area contributed by atoms with Crippen molar-refractivity contribution < 1.29 is 27.5 Å². The Hall–Kier alpha value is -2.25. The molecule has 1 aliphatic rings. The van der Waals surface area contributed by atoms with Gasteiger partial charge < -0.3 is 15.0 Å². The fourth-order valence-corrected chi connectivity index (χ4v) is 2.70. The Morgan fingerprint density at radius 1 is 1.29 bits per heavy atom. The Morgan fingerprint density at radius 3 is 2.58 bits per heavy atom. The van der Waals surface area contributed by atoms with Gasteiger partial charge in [-0.05, 0) is 37.0 Å². The normalized spacial score (nSPS) is 17.5. The summed E-state index contributed by atoms with van der Waals surface area (Å²) in [6.07, 6.45) is 1.53. The van der Waals surface area contributed by atoms with Crippen LogP contribution in [0.2, 0.25) is 0 Å². The Bertz CT molecular complexity index is 602. The lowest BCUT2D eigenvalue weighted by Crippen LogP contribution is -2.47. The van der Waals surface area contributed by atoms with E-state index in [2.05, 4.69) is 10.1 Å². The number of benzene rings is 1. The zero-order chi connectivity index (χ0) is 17.7. The molecule has 0 bridgehead atoms. The van der Waals surface area contributed by atoms with E-state index < -0.39 is 17.5 Å². The summed E-state index contributed by atoms with van der Waals surface area (Å²) in [5.41, 5.74) is 0.248. The number of hydrogen-bond acceptors (Lipinski definition) is 3. The molecule has 1 N–H and O–H groups in total. The molecule has 0 spiro atoms.